The molecule has 8 heteroatoms. The van der Waals surface area contributed by atoms with Gasteiger partial charge in [0.15, 0.2) is 0 Å². The van der Waals surface area contributed by atoms with Gasteiger partial charge < -0.3 is 20.2 Å². The number of ketones is 1. The summed E-state index contributed by atoms with van der Waals surface area (Å²) in [6, 6.07) is 9.46. The first-order valence-corrected chi connectivity index (χ1v) is 16.9. The maximum Gasteiger partial charge on any atom is 0.211 e. The van der Waals surface area contributed by atoms with Crippen molar-refractivity contribution >= 4 is 48.0 Å². The summed E-state index contributed by atoms with van der Waals surface area (Å²) in [5.41, 5.74) is 6.86. The molecule has 0 saturated carbocycles. The van der Waals surface area contributed by atoms with Gasteiger partial charge in [0, 0.05) is 30.8 Å². The Bertz CT molecular complexity index is 1590. The van der Waals surface area contributed by atoms with Crippen molar-refractivity contribution in [3.63, 3.8) is 0 Å². The first-order chi connectivity index (χ1) is 22.9. The van der Waals surface area contributed by atoms with E-state index in [0.717, 1.165) is 84.3 Å². The maximum atomic E-state index is 13.3. The number of halogens is 1. The van der Waals surface area contributed by atoms with Crippen LogP contribution in [0.15, 0.2) is 76.5 Å². The number of para-hydroxylation sites is 1. The molecule has 7 nitrogen and oxygen atoms in total. The van der Waals surface area contributed by atoms with E-state index in [4.69, 9.17) is 31.5 Å². The lowest BCUT2D eigenvalue weighted by atomic mass is 9.83. The van der Waals surface area contributed by atoms with E-state index in [-0.39, 0.29) is 17.6 Å². The number of nitrogens with one attached hydrogen (secondary N) is 2. The van der Waals surface area contributed by atoms with Crippen molar-refractivity contribution in [1.29, 1.82) is 5.41 Å². The van der Waals surface area contributed by atoms with E-state index >= 15 is 0 Å². The van der Waals surface area contributed by atoms with E-state index in [1.807, 2.05) is 54.8 Å². The van der Waals surface area contributed by atoms with Gasteiger partial charge >= 0.3 is 0 Å². The van der Waals surface area contributed by atoms with Crippen LogP contribution in [0.25, 0.3) is 6.08 Å². The second-order valence-corrected chi connectivity index (χ2v) is 12.4. The summed E-state index contributed by atoms with van der Waals surface area (Å²) in [6.07, 6.45) is 21.6. The minimum absolute atomic E-state index is 0.106. The van der Waals surface area contributed by atoms with E-state index in [2.05, 4.69) is 24.4 Å². The molecule has 2 atom stereocenters. The van der Waals surface area contributed by atoms with E-state index in [1.54, 1.807) is 14.2 Å². The number of ether oxygens (including phenoxy) is 2. The number of methoxy groups -OCH3 is 2. The van der Waals surface area contributed by atoms with Crippen molar-refractivity contribution in [3.05, 3.63) is 93.2 Å². The largest absolute Gasteiger partial charge is 0.496 e. The third-order valence-electron chi connectivity index (χ3n) is 9.03. The predicted octanol–water partition coefficient (Wildman–Crippen LogP) is 9.15. The van der Waals surface area contributed by atoms with Crippen LogP contribution in [0.2, 0.25) is 5.02 Å². The molecule has 2 N–H and O–H groups in total. The summed E-state index contributed by atoms with van der Waals surface area (Å²) in [5.74, 6) is 1.97. The molecule has 1 aliphatic carbocycles. The van der Waals surface area contributed by atoms with Gasteiger partial charge in [-0.1, -0.05) is 55.0 Å². The third kappa shape index (κ3) is 9.64. The molecular weight excluding hydrogens is 610 g/mol. The highest BCUT2D eigenvalue weighted by Gasteiger charge is 2.26. The highest BCUT2D eigenvalue weighted by molar-refractivity contribution is 6.33. The number of allylic oxidation sites excluding steroid dienone is 6. The normalized spacial score (nSPS) is 18.4. The number of unbranched alkanes of at least 4 members (excludes halogenated alkanes) is 1. The Balaban J connectivity index is 1.66. The van der Waals surface area contributed by atoms with Crippen molar-refractivity contribution in [2.24, 2.45) is 16.8 Å². The van der Waals surface area contributed by atoms with Crippen molar-refractivity contribution in [1.82, 2.24) is 0 Å². The van der Waals surface area contributed by atoms with Gasteiger partial charge in [0.25, 0.3) is 0 Å². The molecular formula is C39H46ClN3O4. The van der Waals surface area contributed by atoms with Gasteiger partial charge in [0.05, 0.1) is 24.9 Å². The molecule has 1 heterocycles. The van der Waals surface area contributed by atoms with E-state index in [1.165, 1.54) is 11.8 Å². The smallest absolute Gasteiger partial charge is 0.211 e. The number of aliphatic imine (C=N–C) groups is 1. The Kier molecular flexibility index (Phi) is 13.8. The lowest BCUT2D eigenvalue weighted by molar-refractivity contribution is -0.120. The molecule has 1 aliphatic heterocycles. The Morgan fingerprint density at radius 3 is 2.64 bits per heavy atom. The zero-order chi connectivity index (χ0) is 33.6. The lowest BCUT2D eigenvalue weighted by Crippen LogP contribution is -2.12. The topological polar surface area (TPSA) is 101 Å². The Labute approximate surface area is 284 Å². The number of carbonyl (C=O) groups is 2. The van der Waals surface area contributed by atoms with Crippen LogP contribution in [0.1, 0.15) is 75.0 Å². The second-order valence-electron chi connectivity index (χ2n) is 12.0. The quantitative estimate of drug-likeness (QED) is 0.120. The molecule has 0 aromatic heterocycles. The molecule has 0 bridgehead atoms. The number of benzene rings is 2. The van der Waals surface area contributed by atoms with Crippen molar-refractivity contribution in [2.45, 2.75) is 71.1 Å². The molecule has 0 fully saturated rings. The fraction of sp³-hybridized carbons (Fsp3) is 0.385. The van der Waals surface area contributed by atoms with E-state index in [9.17, 15) is 9.59 Å². The molecule has 2 aliphatic rings. The number of Topliss-reactive ketones (excluding diaryl/α,β-unsaturated/α-hetero) is 1. The van der Waals surface area contributed by atoms with Crippen LogP contribution in [-0.4, -0.2) is 38.8 Å². The van der Waals surface area contributed by atoms with Gasteiger partial charge in [-0.15, -0.1) is 0 Å². The van der Waals surface area contributed by atoms with Crippen LogP contribution in [0.3, 0.4) is 0 Å². The highest BCUT2D eigenvalue weighted by Crippen LogP contribution is 2.40. The molecule has 0 radical (unpaired) electrons. The van der Waals surface area contributed by atoms with Crippen LogP contribution in [0, 0.1) is 17.2 Å². The number of nitrogens with zero attached hydrogens (tertiary/aromatic N) is 1. The van der Waals surface area contributed by atoms with Crippen LogP contribution in [0.4, 0.5) is 5.69 Å². The van der Waals surface area contributed by atoms with Crippen LogP contribution in [0.5, 0.6) is 11.5 Å². The van der Waals surface area contributed by atoms with E-state index in [0.29, 0.717) is 36.4 Å². The SMILES string of the molecule is CCc1c(OC)cc(OC)c(Cl)c1CCC1CC(=O)CCC(CCCC=N)C2=C(C=NC(C=Cc3ccccc3NC=O)=CC=C2)C1. The summed E-state index contributed by atoms with van der Waals surface area (Å²) < 4.78 is 11.3. The van der Waals surface area contributed by atoms with Crippen LogP contribution >= 0.6 is 11.6 Å². The van der Waals surface area contributed by atoms with Crippen molar-refractivity contribution < 1.29 is 19.1 Å². The average Bonchev–Trinajstić information content (AvgIpc) is 3.12. The number of carbonyl (C=O) groups excluding carboxylic acids is 2. The molecule has 2 aromatic rings. The lowest BCUT2D eigenvalue weighted by Gasteiger charge is -2.23. The summed E-state index contributed by atoms with van der Waals surface area (Å²) in [5, 5.41) is 10.9. The van der Waals surface area contributed by atoms with Gasteiger partial charge in [0.2, 0.25) is 6.41 Å². The Morgan fingerprint density at radius 2 is 1.89 bits per heavy atom. The molecule has 4 rings (SSSR count). The fourth-order valence-corrected chi connectivity index (χ4v) is 6.94. The first-order valence-electron chi connectivity index (χ1n) is 16.5. The van der Waals surface area contributed by atoms with Gasteiger partial charge in [-0.3, -0.25) is 14.6 Å². The molecule has 47 heavy (non-hydrogen) atoms. The molecule has 0 spiro atoms. The van der Waals surface area contributed by atoms with Crippen LogP contribution < -0.4 is 14.8 Å². The molecule has 2 aromatic carbocycles. The summed E-state index contributed by atoms with van der Waals surface area (Å²) in [6.45, 7) is 2.09. The number of rotatable bonds is 14. The summed E-state index contributed by atoms with van der Waals surface area (Å²) in [4.78, 5) is 29.4. The molecule has 248 valence electrons. The average molecular weight is 656 g/mol. The molecule has 2 unspecified atom stereocenters. The first kappa shape index (κ1) is 35.6. The number of hydrogen-bond donors (Lipinski definition) is 2. The predicted molar refractivity (Wildman–Crippen MR) is 193 cm³/mol. The summed E-state index contributed by atoms with van der Waals surface area (Å²) >= 11 is 6.86. The Hall–Kier alpha value is -4.23. The molecule has 1 amide bonds. The standard InChI is InChI=1S/C39H46ClN3O4/c1-4-33-35(39(40)38(47-3)24-37(33)46-2)20-15-27-22-30-25-42-31(18-16-29-11-5-6-14-36(29)43-26-44)12-9-13-34(30)28(10-7-8-21-41)17-19-32(45)23-27/h5-6,9,11-14,16,18,21,24-28,41H,4,7-8,10,15,17,19-20,22-23H2,1-3H3,(H,43,44). The minimum atomic E-state index is 0.106. The third-order valence-corrected chi connectivity index (χ3v) is 9.44. The fourth-order valence-electron chi connectivity index (χ4n) is 6.60. The second kappa shape index (κ2) is 18.2. The zero-order valence-electron chi connectivity index (χ0n) is 27.7. The zero-order valence-corrected chi connectivity index (χ0v) is 28.4. The van der Waals surface area contributed by atoms with Gasteiger partial charge in [0.1, 0.15) is 17.3 Å². The highest BCUT2D eigenvalue weighted by atomic mass is 35.5. The van der Waals surface area contributed by atoms with Gasteiger partial charge in [-0.2, -0.15) is 0 Å². The van der Waals surface area contributed by atoms with Crippen LogP contribution in [-0.2, 0) is 22.4 Å². The van der Waals surface area contributed by atoms with Gasteiger partial charge in [-0.05, 0) is 115 Å². The number of anilines is 1. The van der Waals surface area contributed by atoms with Gasteiger partial charge in [-0.25, -0.2) is 0 Å². The minimum Gasteiger partial charge on any atom is -0.496 e. The molecule has 0 saturated heterocycles. The number of hydrogen-bond acceptors (Lipinski definition) is 6. The monoisotopic (exact) mass is 655 g/mol. The van der Waals surface area contributed by atoms with Crippen molar-refractivity contribution in [2.75, 3.05) is 19.5 Å². The number of amides is 1. The summed E-state index contributed by atoms with van der Waals surface area (Å²) in [7, 11) is 3.27. The van der Waals surface area contributed by atoms with Crippen molar-refractivity contribution in [3.8, 4) is 11.5 Å². The maximum absolute atomic E-state index is 13.3. The Morgan fingerprint density at radius 1 is 1.09 bits per heavy atom. The van der Waals surface area contributed by atoms with E-state index < -0.39 is 0 Å².